The lowest BCUT2D eigenvalue weighted by atomic mass is 10.1. The zero-order valence-electron chi connectivity index (χ0n) is 16.3. The first kappa shape index (κ1) is 22.3. The fourth-order valence-corrected chi connectivity index (χ4v) is 3.53. The molecule has 0 aromatic heterocycles. The number of carbonyl (C=O) groups excluding carboxylic acids is 2. The summed E-state index contributed by atoms with van der Waals surface area (Å²) in [5, 5.41) is 4.05. The van der Waals surface area contributed by atoms with E-state index in [0.29, 0.717) is 29.4 Å². The summed E-state index contributed by atoms with van der Waals surface area (Å²) in [7, 11) is 0. The van der Waals surface area contributed by atoms with Crippen LogP contribution in [0.2, 0.25) is 10.0 Å². The van der Waals surface area contributed by atoms with Crippen molar-refractivity contribution in [1.82, 2.24) is 10.2 Å². The Balaban J connectivity index is 2.23. The van der Waals surface area contributed by atoms with Gasteiger partial charge in [0, 0.05) is 29.6 Å². The van der Waals surface area contributed by atoms with Crippen LogP contribution in [0.15, 0.2) is 48.5 Å². The molecule has 6 heteroatoms. The standard InChI is InChI=1S/C22H26Cl2N2O2/c1-3-20(22(28)25-4-2)26(15-17-10-6-8-12-19(17)24)21(27)14-13-16-9-5-7-11-18(16)23/h5-12,20H,3-4,13-15H2,1-2H3,(H,25,28)/t20-/m0/s1. The van der Waals surface area contributed by atoms with Gasteiger partial charge in [0.25, 0.3) is 0 Å². The van der Waals surface area contributed by atoms with Crippen LogP contribution in [0, 0.1) is 0 Å². The second kappa shape index (κ2) is 11.1. The van der Waals surface area contributed by atoms with E-state index in [0.717, 1.165) is 11.1 Å². The fourth-order valence-electron chi connectivity index (χ4n) is 3.11. The molecular formula is C22H26Cl2N2O2. The van der Waals surface area contributed by atoms with Gasteiger partial charge < -0.3 is 10.2 Å². The van der Waals surface area contributed by atoms with E-state index in [-0.39, 0.29) is 24.8 Å². The molecule has 28 heavy (non-hydrogen) atoms. The van der Waals surface area contributed by atoms with Crippen molar-refractivity contribution in [2.75, 3.05) is 6.54 Å². The number of amides is 2. The predicted octanol–water partition coefficient (Wildman–Crippen LogP) is 4.87. The Kier molecular flexibility index (Phi) is 8.81. The maximum absolute atomic E-state index is 13.1. The molecule has 0 saturated carbocycles. The SMILES string of the molecule is CCNC(=O)[C@H](CC)N(Cc1ccccc1Cl)C(=O)CCc1ccccc1Cl. The van der Waals surface area contributed by atoms with Gasteiger partial charge in [0.15, 0.2) is 0 Å². The van der Waals surface area contributed by atoms with Crippen molar-refractivity contribution in [2.45, 2.75) is 45.7 Å². The third kappa shape index (κ3) is 5.98. The molecule has 2 amide bonds. The number of halogens is 2. The highest BCUT2D eigenvalue weighted by atomic mass is 35.5. The molecule has 0 radical (unpaired) electrons. The van der Waals surface area contributed by atoms with Crippen LogP contribution < -0.4 is 5.32 Å². The minimum Gasteiger partial charge on any atom is -0.355 e. The molecule has 0 aliphatic carbocycles. The first-order valence-corrected chi connectivity index (χ1v) is 10.3. The molecule has 0 aliphatic heterocycles. The van der Waals surface area contributed by atoms with E-state index < -0.39 is 6.04 Å². The molecule has 0 fully saturated rings. The highest BCUT2D eigenvalue weighted by Gasteiger charge is 2.28. The van der Waals surface area contributed by atoms with Crippen molar-refractivity contribution < 1.29 is 9.59 Å². The molecule has 0 saturated heterocycles. The molecule has 0 unspecified atom stereocenters. The van der Waals surface area contributed by atoms with Gasteiger partial charge in [-0.1, -0.05) is 66.5 Å². The largest absolute Gasteiger partial charge is 0.355 e. The van der Waals surface area contributed by atoms with Gasteiger partial charge in [-0.3, -0.25) is 9.59 Å². The number of aryl methyl sites for hydroxylation is 1. The molecule has 2 aromatic rings. The van der Waals surface area contributed by atoms with Gasteiger partial charge in [-0.15, -0.1) is 0 Å². The van der Waals surface area contributed by atoms with Crippen LogP contribution in [-0.4, -0.2) is 29.3 Å². The van der Waals surface area contributed by atoms with Crippen molar-refractivity contribution in [3.8, 4) is 0 Å². The highest BCUT2D eigenvalue weighted by molar-refractivity contribution is 6.31. The van der Waals surface area contributed by atoms with Gasteiger partial charge in [-0.2, -0.15) is 0 Å². The van der Waals surface area contributed by atoms with E-state index in [9.17, 15) is 9.59 Å². The quantitative estimate of drug-likeness (QED) is 0.628. The van der Waals surface area contributed by atoms with Gasteiger partial charge in [-0.25, -0.2) is 0 Å². The van der Waals surface area contributed by atoms with Gasteiger partial charge in [-0.05, 0) is 43.0 Å². The van der Waals surface area contributed by atoms with Crippen molar-refractivity contribution in [3.63, 3.8) is 0 Å². The van der Waals surface area contributed by atoms with Gasteiger partial charge in [0.05, 0.1) is 0 Å². The van der Waals surface area contributed by atoms with Crippen LogP contribution in [0.5, 0.6) is 0 Å². The predicted molar refractivity (Wildman–Crippen MR) is 115 cm³/mol. The Labute approximate surface area is 176 Å². The number of nitrogens with zero attached hydrogens (tertiary/aromatic N) is 1. The zero-order chi connectivity index (χ0) is 20.5. The van der Waals surface area contributed by atoms with E-state index in [1.807, 2.05) is 56.3 Å². The smallest absolute Gasteiger partial charge is 0.242 e. The Morgan fingerprint density at radius 1 is 0.964 bits per heavy atom. The Morgan fingerprint density at radius 2 is 1.54 bits per heavy atom. The van der Waals surface area contributed by atoms with Crippen molar-refractivity contribution in [2.24, 2.45) is 0 Å². The van der Waals surface area contributed by atoms with E-state index in [1.54, 1.807) is 11.0 Å². The first-order valence-electron chi connectivity index (χ1n) is 9.51. The lowest BCUT2D eigenvalue weighted by molar-refractivity contribution is -0.141. The number of carbonyl (C=O) groups is 2. The highest BCUT2D eigenvalue weighted by Crippen LogP contribution is 2.22. The molecule has 2 rings (SSSR count). The lowest BCUT2D eigenvalue weighted by Gasteiger charge is -2.31. The van der Waals surface area contributed by atoms with Crippen LogP contribution in [-0.2, 0) is 22.6 Å². The van der Waals surface area contributed by atoms with Gasteiger partial charge in [0.1, 0.15) is 6.04 Å². The molecule has 0 aliphatic rings. The van der Waals surface area contributed by atoms with E-state index in [4.69, 9.17) is 23.2 Å². The first-order chi connectivity index (χ1) is 13.5. The summed E-state index contributed by atoms with van der Waals surface area (Å²) < 4.78 is 0. The maximum Gasteiger partial charge on any atom is 0.242 e. The summed E-state index contributed by atoms with van der Waals surface area (Å²) in [4.78, 5) is 27.3. The Morgan fingerprint density at radius 3 is 2.07 bits per heavy atom. The van der Waals surface area contributed by atoms with Crippen LogP contribution in [0.25, 0.3) is 0 Å². The van der Waals surface area contributed by atoms with E-state index in [2.05, 4.69) is 5.32 Å². The summed E-state index contributed by atoms with van der Waals surface area (Å²) in [6, 6.07) is 14.3. The minimum absolute atomic E-state index is 0.0991. The summed E-state index contributed by atoms with van der Waals surface area (Å²) in [6.45, 7) is 4.57. The number of likely N-dealkylation sites (N-methyl/N-ethyl adjacent to an activating group) is 1. The number of hydrogen-bond donors (Lipinski definition) is 1. The second-order valence-corrected chi connectivity index (χ2v) is 7.34. The van der Waals surface area contributed by atoms with Crippen LogP contribution in [0.4, 0.5) is 0 Å². The molecule has 0 heterocycles. The van der Waals surface area contributed by atoms with Crippen molar-refractivity contribution in [1.29, 1.82) is 0 Å². The normalized spacial score (nSPS) is 11.7. The van der Waals surface area contributed by atoms with Crippen LogP contribution in [0.3, 0.4) is 0 Å². The summed E-state index contributed by atoms with van der Waals surface area (Å²) in [5.74, 6) is -0.249. The van der Waals surface area contributed by atoms with Crippen molar-refractivity contribution in [3.05, 3.63) is 69.7 Å². The molecule has 1 N–H and O–H groups in total. The number of nitrogens with one attached hydrogen (secondary N) is 1. The number of hydrogen-bond acceptors (Lipinski definition) is 2. The third-order valence-corrected chi connectivity index (χ3v) is 5.34. The van der Waals surface area contributed by atoms with E-state index in [1.165, 1.54) is 0 Å². The number of benzene rings is 2. The minimum atomic E-state index is -0.546. The van der Waals surface area contributed by atoms with Gasteiger partial charge >= 0.3 is 0 Å². The molecule has 1 atom stereocenters. The lowest BCUT2D eigenvalue weighted by Crippen LogP contribution is -2.49. The second-order valence-electron chi connectivity index (χ2n) is 6.52. The average Bonchev–Trinajstić information content (AvgIpc) is 2.68. The molecule has 150 valence electrons. The summed E-state index contributed by atoms with van der Waals surface area (Å²) in [6.07, 6.45) is 1.31. The third-order valence-electron chi connectivity index (χ3n) is 4.60. The summed E-state index contributed by atoms with van der Waals surface area (Å²) >= 11 is 12.5. The molecule has 0 spiro atoms. The van der Waals surface area contributed by atoms with Crippen molar-refractivity contribution >= 4 is 35.0 Å². The average molecular weight is 421 g/mol. The molecule has 2 aromatic carbocycles. The fraction of sp³-hybridized carbons (Fsp3) is 0.364. The van der Waals surface area contributed by atoms with Crippen LogP contribution >= 0.6 is 23.2 Å². The molecule has 0 bridgehead atoms. The molecule has 4 nitrogen and oxygen atoms in total. The van der Waals surface area contributed by atoms with Gasteiger partial charge in [0.2, 0.25) is 11.8 Å². The van der Waals surface area contributed by atoms with Crippen LogP contribution in [0.1, 0.15) is 37.8 Å². The summed E-state index contributed by atoms with van der Waals surface area (Å²) in [5.41, 5.74) is 1.74. The zero-order valence-corrected chi connectivity index (χ0v) is 17.8. The topological polar surface area (TPSA) is 49.4 Å². The molecular weight excluding hydrogens is 395 g/mol. The number of rotatable bonds is 9. The Bertz CT molecular complexity index is 811. The monoisotopic (exact) mass is 420 g/mol. The maximum atomic E-state index is 13.1. The van der Waals surface area contributed by atoms with E-state index >= 15 is 0 Å². The Hall–Kier alpha value is -2.04.